The largest absolute Gasteiger partial charge is 0.469 e. The fourth-order valence-electron chi connectivity index (χ4n) is 3.00. The third-order valence-corrected chi connectivity index (χ3v) is 4.58. The summed E-state index contributed by atoms with van der Waals surface area (Å²) in [5.41, 5.74) is 2.20. The molecule has 0 saturated heterocycles. The Balaban J connectivity index is 1.76. The maximum absolute atomic E-state index is 12.1. The minimum Gasteiger partial charge on any atom is -0.469 e. The highest BCUT2D eigenvalue weighted by atomic mass is 16.5. The van der Waals surface area contributed by atoms with Crippen LogP contribution >= 0.6 is 0 Å². The molecule has 0 aliphatic carbocycles. The van der Waals surface area contributed by atoms with Gasteiger partial charge in [-0.15, -0.1) is 0 Å². The van der Waals surface area contributed by atoms with E-state index >= 15 is 0 Å². The number of benzene rings is 1. The van der Waals surface area contributed by atoms with Crippen molar-refractivity contribution in [2.24, 2.45) is 5.92 Å². The summed E-state index contributed by atoms with van der Waals surface area (Å²) < 4.78 is 4.59. The molecule has 0 radical (unpaired) electrons. The van der Waals surface area contributed by atoms with Gasteiger partial charge >= 0.3 is 5.97 Å². The number of carbonyl (C=O) groups is 3. The molecule has 1 aliphatic rings. The van der Waals surface area contributed by atoms with Gasteiger partial charge in [-0.3, -0.25) is 14.4 Å². The van der Waals surface area contributed by atoms with E-state index in [1.54, 1.807) is 6.07 Å². The van der Waals surface area contributed by atoms with Crippen LogP contribution in [0.4, 0.5) is 17.1 Å². The number of anilines is 3. The number of carbonyl (C=O) groups excluding carboxylic acids is 3. The average molecular weight is 375 g/mol. The lowest BCUT2D eigenvalue weighted by Crippen LogP contribution is -2.42. The van der Waals surface area contributed by atoms with E-state index in [2.05, 4.69) is 20.7 Å². The van der Waals surface area contributed by atoms with Crippen LogP contribution in [0.25, 0.3) is 0 Å². The molecule has 1 aromatic carbocycles. The Hall–Kier alpha value is -2.57. The molecule has 1 aromatic rings. The summed E-state index contributed by atoms with van der Waals surface area (Å²) in [7, 11) is 1.39. The van der Waals surface area contributed by atoms with Gasteiger partial charge in [0.1, 0.15) is 6.04 Å². The first-order chi connectivity index (χ1) is 12.9. The van der Waals surface area contributed by atoms with Crippen LogP contribution in [0.15, 0.2) is 18.2 Å². The van der Waals surface area contributed by atoms with Gasteiger partial charge < -0.3 is 20.7 Å². The number of rotatable bonds is 9. The van der Waals surface area contributed by atoms with E-state index in [-0.39, 0.29) is 29.7 Å². The number of ether oxygens (including phenoxy) is 1. The minimum atomic E-state index is -0.253. The van der Waals surface area contributed by atoms with Crippen LogP contribution in [0.1, 0.15) is 52.4 Å². The van der Waals surface area contributed by atoms with Crippen LogP contribution in [0.3, 0.4) is 0 Å². The summed E-state index contributed by atoms with van der Waals surface area (Å²) in [5, 5.41) is 9.00. The van der Waals surface area contributed by atoms with E-state index in [1.165, 1.54) is 7.11 Å². The molecule has 0 fully saturated rings. The summed E-state index contributed by atoms with van der Waals surface area (Å²) in [5.74, 6) is -0.127. The summed E-state index contributed by atoms with van der Waals surface area (Å²) in [6.45, 7) is 3.98. The van der Waals surface area contributed by atoms with Crippen molar-refractivity contribution >= 4 is 34.8 Å². The maximum atomic E-state index is 12.1. The van der Waals surface area contributed by atoms with Crippen molar-refractivity contribution in [2.75, 3.05) is 23.1 Å². The number of amides is 2. The number of hydrogen-bond acceptors (Lipinski definition) is 5. The van der Waals surface area contributed by atoms with Crippen molar-refractivity contribution in [1.29, 1.82) is 0 Å². The average Bonchev–Trinajstić information content (AvgIpc) is 2.63. The first-order valence-corrected chi connectivity index (χ1v) is 9.49. The lowest BCUT2D eigenvalue weighted by molar-refractivity contribution is -0.140. The Kier molecular flexibility index (Phi) is 7.64. The van der Waals surface area contributed by atoms with Gasteiger partial charge in [0.25, 0.3) is 0 Å². The first-order valence-electron chi connectivity index (χ1n) is 9.49. The maximum Gasteiger partial charge on any atom is 0.305 e. The highest BCUT2D eigenvalue weighted by molar-refractivity contribution is 6.04. The molecule has 148 valence electrons. The van der Waals surface area contributed by atoms with Crippen molar-refractivity contribution < 1.29 is 19.1 Å². The van der Waals surface area contributed by atoms with Gasteiger partial charge in [0.2, 0.25) is 11.8 Å². The smallest absolute Gasteiger partial charge is 0.305 e. The standard InChI is InChI=1S/C20H29N3O4/c1-13(2)19-20(26)23-16-12-14(10-11-15(16)22-19)21-17(24)8-6-4-5-7-9-18(25)27-3/h10-13,19,22H,4-9H2,1-3H3,(H,21,24)(H,23,26). The van der Waals surface area contributed by atoms with E-state index < -0.39 is 0 Å². The third kappa shape index (κ3) is 6.27. The zero-order valence-electron chi connectivity index (χ0n) is 16.3. The Morgan fingerprint density at radius 2 is 1.81 bits per heavy atom. The quantitative estimate of drug-likeness (QED) is 0.453. The zero-order valence-corrected chi connectivity index (χ0v) is 16.3. The van der Waals surface area contributed by atoms with E-state index in [1.807, 2.05) is 26.0 Å². The Morgan fingerprint density at radius 3 is 2.48 bits per heavy atom. The molecule has 0 saturated carbocycles. The highest BCUT2D eigenvalue weighted by Gasteiger charge is 2.27. The highest BCUT2D eigenvalue weighted by Crippen LogP contribution is 2.31. The van der Waals surface area contributed by atoms with Crippen LogP contribution in [0, 0.1) is 5.92 Å². The van der Waals surface area contributed by atoms with Crippen molar-refractivity contribution in [3.05, 3.63) is 18.2 Å². The molecule has 2 amide bonds. The molecule has 0 aromatic heterocycles. The predicted octanol–water partition coefficient (Wildman–Crippen LogP) is 3.53. The van der Waals surface area contributed by atoms with Gasteiger partial charge in [0.15, 0.2) is 0 Å². The summed E-state index contributed by atoms with van der Waals surface area (Å²) in [6, 6.07) is 5.21. The minimum absolute atomic E-state index is 0.0573. The van der Waals surface area contributed by atoms with Crippen molar-refractivity contribution in [3.8, 4) is 0 Å². The van der Waals surface area contributed by atoms with E-state index in [9.17, 15) is 14.4 Å². The number of methoxy groups -OCH3 is 1. The van der Waals surface area contributed by atoms with Gasteiger partial charge in [-0.1, -0.05) is 26.7 Å². The van der Waals surface area contributed by atoms with Crippen LogP contribution in [-0.2, 0) is 19.1 Å². The van der Waals surface area contributed by atoms with E-state index in [0.29, 0.717) is 24.2 Å². The third-order valence-electron chi connectivity index (χ3n) is 4.58. The number of esters is 1. The van der Waals surface area contributed by atoms with Gasteiger partial charge in [0, 0.05) is 18.5 Å². The normalized spacial score (nSPS) is 15.6. The molecule has 3 N–H and O–H groups in total. The van der Waals surface area contributed by atoms with Crippen molar-refractivity contribution in [1.82, 2.24) is 0 Å². The Bertz CT molecular complexity index is 688. The Labute approximate surface area is 160 Å². The molecule has 0 bridgehead atoms. The molecule has 1 heterocycles. The molecule has 0 spiro atoms. The van der Waals surface area contributed by atoms with Gasteiger partial charge in [-0.2, -0.15) is 0 Å². The van der Waals surface area contributed by atoms with E-state index in [4.69, 9.17) is 0 Å². The zero-order chi connectivity index (χ0) is 19.8. The van der Waals surface area contributed by atoms with Gasteiger partial charge in [0.05, 0.1) is 18.5 Å². The summed E-state index contributed by atoms with van der Waals surface area (Å²) in [6.07, 6.45) is 4.20. The molecule has 7 nitrogen and oxygen atoms in total. The van der Waals surface area contributed by atoms with Crippen LogP contribution in [-0.4, -0.2) is 30.9 Å². The second kappa shape index (κ2) is 9.94. The fourth-order valence-corrected chi connectivity index (χ4v) is 3.00. The fraction of sp³-hybridized carbons (Fsp3) is 0.550. The SMILES string of the molecule is COC(=O)CCCCCCC(=O)Nc1ccc2c(c1)NC(=O)C(C(C)C)N2. The summed E-state index contributed by atoms with van der Waals surface area (Å²) in [4.78, 5) is 35.2. The Morgan fingerprint density at radius 1 is 1.11 bits per heavy atom. The number of fused-ring (bicyclic) bond motifs is 1. The monoisotopic (exact) mass is 375 g/mol. The topological polar surface area (TPSA) is 96.5 Å². The van der Waals surface area contributed by atoms with Crippen molar-refractivity contribution in [3.63, 3.8) is 0 Å². The molecule has 1 unspecified atom stereocenters. The molecular weight excluding hydrogens is 346 g/mol. The second-order valence-electron chi connectivity index (χ2n) is 7.15. The lowest BCUT2D eigenvalue weighted by atomic mass is 10.0. The molecule has 7 heteroatoms. The van der Waals surface area contributed by atoms with Gasteiger partial charge in [-0.05, 0) is 37.0 Å². The van der Waals surface area contributed by atoms with Crippen LogP contribution in [0.5, 0.6) is 0 Å². The van der Waals surface area contributed by atoms with Crippen LogP contribution < -0.4 is 16.0 Å². The predicted molar refractivity (Wildman–Crippen MR) is 106 cm³/mol. The van der Waals surface area contributed by atoms with E-state index in [0.717, 1.165) is 31.4 Å². The van der Waals surface area contributed by atoms with Crippen LogP contribution in [0.2, 0.25) is 0 Å². The van der Waals surface area contributed by atoms with Gasteiger partial charge in [-0.25, -0.2) is 0 Å². The van der Waals surface area contributed by atoms with Crippen molar-refractivity contribution in [2.45, 2.75) is 58.4 Å². The molecule has 1 aliphatic heterocycles. The number of hydrogen-bond donors (Lipinski definition) is 3. The lowest BCUT2D eigenvalue weighted by Gasteiger charge is -2.29. The molecule has 2 rings (SSSR count). The number of unbranched alkanes of at least 4 members (excludes halogenated alkanes) is 3. The second-order valence-corrected chi connectivity index (χ2v) is 7.15. The first kappa shape index (κ1) is 20.7. The summed E-state index contributed by atoms with van der Waals surface area (Å²) >= 11 is 0. The number of nitrogens with one attached hydrogen (secondary N) is 3. The molecule has 1 atom stereocenters. The molecule has 27 heavy (non-hydrogen) atoms. The molecular formula is C20H29N3O4.